The molecule has 7 heteroatoms. The number of carbonyl (C=O) groups excluding carboxylic acids is 1. The zero-order valence-electron chi connectivity index (χ0n) is 13.5. The quantitative estimate of drug-likeness (QED) is 0.704. The van der Waals surface area contributed by atoms with Crippen molar-refractivity contribution in [3.05, 3.63) is 36.2 Å². The highest BCUT2D eigenvalue weighted by atomic mass is 16.5. The molecule has 0 amide bonds. The van der Waals surface area contributed by atoms with Gasteiger partial charge in [-0.3, -0.25) is 0 Å². The predicted molar refractivity (Wildman–Crippen MR) is 90.9 cm³/mol. The molecule has 122 valence electrons. The molecule has 23 heavy (non-hydrogen) atoms. The molecular formula is C16H21N5O2. The first-order valence-electron chi connectivity index (χ1n) is 7.42. The third-order valence-corrected chi connectivity index (χ3v) is 2.95. The maximum Gasteiger partial charge on any atom is 0.338 e. The fourth-order valence-electron chi connectivity index (χ4n) is 1.96. The van der Waals surface area contributed by atoms with Crippen molar-refractivity contribution in [2.45, 2.75) is 26.8 Å². The maximum atomic E-state index is 11.8. The van der Waals surface area contributed by atoms with Gasteiger partial charge in [0, 0.05) is 11.7 Å². The van der Waals surface area contributed by atoms with Crippen molar-refractivity contribution in [2.24, 2.45) is 0 Å². The molecule has 1 aromatic heterocycles. The zero-order chi connectivity index (χ0) is 16.8. The van der Waals surface area contributed by atoms with Crippen LogP contribution in [0.15, 0.2) is 30.6 Å². The van der Waals surface area contributed by atoms with Crippen LogP contribution in [0.2, 0.25) is 0 Å². The summed E-state index contributed by atoms with van der Waals surface area (Å²) in [5.41, 5.74) is 7.66. The van der Waals surface area contributed by atoms with Crippen LogP contribution in [-0.4, -0.2) is 28.6 Å². The number of nitrogen functional groups attached to an aromatic ring is 1. The van der Waals surface area contributed by atoms with Gasteiger partial charge in [-0.05, 0) is 39.0 Å². The zero-order valence-corrected chi connectivity index (χ0v) is 13.5. The molecule has 4 N–H and O–H groups in total. The monoisotopic (exact) mass is 315 g/mol. The van der Waals surface area contributed by atoms with E-state index in [-0.39, 0.29) is 12.0 Å². The summed E-state index contributed by atoms with van der Waals surface area (Å²) >= 11 is 0. The SMILES string of the molecule is CCOC(=O)c1cccc(Nc2ncnc(NC(C)C)c2N)c1. The Labute approximate surface area is 135 Å². The number of benzene rings is 1. The van der Waals surface area contributed by atoms with Crippen LogP contribution in [0.5, 0.6) is 0 Å². The number of hydrogen-bond donors (Lipinski definition) is 3. The van der Waals surface area contributed by atoms with Gasteiger partial charge in [0.2, 0.25) is 0 Å². The van der Waals surface area contributed by atoms with Crippen LogP contribution >= 0.6 is 0 Å². The Balaban J connectivity index is 2.22. The fraction of sp³-hybridized carbons (Fsp3) is 0.312. The van der Waals surface area contributed by atoms with Crippen LogP contribution in [0.25, 0.3) is 0 Å². The van der Waals surface area contributed by atoms with Crippen molar-refractivity contribution < 1.29 is 9.53 Å². The first-order valence-corrected chi connectivity index (χ1v) is 7.42. The summed E-state index contributed by atoms with van der Waals surface area (Å²) in [6.07, 6.45) is 1.43. The summed E-state index contributed by atoms with van der Waals surface area (Å²) in [4.78, 5) is 20.1. The van der Waals surface area contributed by atoms with Gasteiger partial charge in [0.25, 0.3) is 0 Å². The lowest BCUT2D eigenvalue weighted by molar-refractivity contribution is 0.0526. The Hall–Kier alpha value is -2.83. The average Bonchev–Trinajstić information content (AvgIpc) is 2.51. The fourth-order valence-corrected chi connectivity index (χ4v) is 1.96. The molecule has 2 aromatic rings. The summed E-state index contributed by atoms with van der Waals surface area (Å²) in [7, 11) is 0. The van der Waals surface area contributed by atoms with Crippen molar-refractivity contribution in [3.8, 4) is 0 Å². The summed E-state index contributed by atoms with van der Waals surface area (Å²) in [5, 5.41) is 6.25. The molecule has 1 heterocycles. The molecule has 2 rings (SSSR count). The first kappa shape index (κ1) is 16.5. The third kappa shape index (κ3) is 4.32. The van der Waals surface area contributed by atoms with Gasteiger partial charge in [0.15, 0.2) is 11.6 Å². The number of hydrogen-bond acceptors (Lipinski definition) is 7. The maximum absolute atomic E-state index is 11.8. The number of nitrogens with zero attached hydrogens (tertiary/aromatic N) is 2. The Morgan fingerprint density at radius 2 is 2.04 bits per heavy atom. The van der Waals surface area contributed by atoms with Crippen LogP contribution in [-0.2, 0) is 4.74 Å². The molecule has 0 saturated carbocycles. The van der Waals surface area contributed by atoms with Crippen LogP contribution in [0.1, 0.15) is 31.1 Å². The number of rotatable bonds is 6. The minimum Gasteiger partial charge on any atom is -0.462 e. The number of aromatic nitrogens is 2. The summed E-state index contributed by atoms with van der Waals surface area (Å²) in [5.74, 6) is 0.678. The van der Waals surface area contributed by atoms with E-state index in [4.69, 9.17) is 10.5 Å². The Kier molecular flexibility index (Phi) is 5.35. The van der Waals surface area contributed by atoms with E-state index in [2.05, 4.69) is 20.6 Å². The molecule has 0 radical (unpaired) electrons. The van der Waals surface area contributed by atoms with Gasteiger partial charge in [0.05, 0.1) is 12.2 Å². The van der Waals surface area contributed by atoms with E-state index in [1.165, 1.54) is 6.33 Å². The molecular weight excluding hydrogens is 294 g/mol. The molecule has 0 fully saturated rings. The van der Waals surface area contributed by atoms with Crippen molar-refractivity contribution in [3.63, 3.8) is 0 Å². The number of anilines is 4. The number of carbonyl (C=O) groups is 1. The number of nitrogens with one attached hydrogen (secondary N) is 2. The molecule has 0 atom stereocenters. The lowest BCUT2D eigenvalue weighted by atomic mass is 10.2. The molecule has 0 unspecified atom stereocenters. The van der Waals surface area contributed by atoms with Crippen molar-refractivity contribution in [1.29, 1.82) is 0 Å². The van der Waals surface area contributed by atoms with Crippen molar-refractivity contribution in [1.82, 2.24) is 9.97 Å². The second kappa shape index (κ2) is 7.44. The minimum absolute atomic E-state index is 0.201. The lowest BCUT2D eigenvalue weighted by Gasteiger charge is -2.14. The van der Waals surface area contributed by atoms with Gasteiger partial charge < -0.3 is 21.1 Å². The van der Waals surface area contributed by atoms with Gasteiger partial charge in [-0.15, -0.1) is 0 Å². The van der Waals surface area contributed by atoms with Crippen LogP contribution in [0.4, 0.5) is 23.0 Å². The Bertz CT molecular complexity index is 688. The lowest BCUT2D eigenvalue weighted by Crippen LogP contribution is -2.14. The molecule has 1 aromatic carbocycles. The van der Waals surface area contributed by atoms with Gasteiger partial charge in [-0.25, -0.2) is 14.8 Å². The molecule has 0 aliphatic carbocycles. The van der Waals surface area contributed by atoms with Crippen molar-refractivity contribution in [2.75, 3.05) is 23.0 Å². The first-order chi connectivity index (χ1) is 11.0. The number of nitrogens with two attached hydrogens (primary N) is 1. The molecule has 0 saturated heterocycles. The second-order valence-corrected chi connectivity index (χ2v) is 5.21. The molecule has 0 bridgehead atoms. The largest absolute Gasteiger partial charge is 0.462 e. The van der Waals surface area contributed by atoms with E-state index < -0.39 is 0 Å². The van der Waals surface area contributed by atoms with E-state index >= 15 is 0 Å². The van der Waals surface area contributed by atoms with Crippen LogP contribution in [0.3, 0.4) is 0 Å². The molecule has 0 aliphatic rings. The average molecular weight is 315 g/mol. The highest BCUT2D eigenvalue weighted by molar-refractivity contribution is 5.91. The molecule has 0 spiro atoms. The number of esters is 1. The topological polar surface area (TPSA) is 102 Å². The van der Waals surface area contributed by atoms with Crippen LogP contribution in [0, 0.1) is 0 Å². The number of ether oxygens (including phenoxy) is 1. The van der Waals surface area contributed by atoms with E-state index in [0.717, 1.165) is 0 Å². The van der Waals surface area contributed by atoms with E-state index in [9.17, 15) is 4.79 Å². The second-order valence-electron chi connectivity index (χ2n) is 5.21. The Morgan fingerprint density at radius 3 is 2.74 bits per heavy atom. The third-order valence-electron chi connectivity index (χ3n) is 2.95. The highest BCUT2D eigenvalue weighted by Crippen LogP contribution is 2.26. The summed E-state index contributed by atoms with van der Waals surface area (Å²) < 4.78 is 4.99. The Morgan fingerprint density at radius 1 is 1.30 bits per heavy atom. The minimum atomic E-state index is -0.367. The normalized spacial score (nSPS) is 10.4. The van der Waals surface area contributed by atoms with Gasteiger partial charge in [-0.2, -0.15) is 0 Å². The van der Waals surface area contributed by atoms with Gasteiger partial charge in [-0.1, -0.05) is 6.07 Å². The molecule has 7 nitrogen and oxygen atoms in total. The van der Waals surface area contributed by atoms with Gasteiger partial charge >= 0.3 is 5.97 Å². The molecule has 0 aliphatic heterocycles. The standard InChI is InChI=1S/C16H21N5O2/c1-4-23-16(22)11-6-5-7-12(8-11)21-15-13(17)14(18-9-19-15)20-10(2)3/h5-10H,4,17H2,1-3H3,(H2,18,19,20,21). The van der Waals surface area contributed by atoms with Crippen molar-refractivity contribution >= 4 is 29.0 Å². The van der Waals surface area contributed by atoms with E-state index in [0.29, 0.717) is 35.2 Å². The van der Waals surface area contributed by atoms with Gasteiger partial charge in [0.1, 0.15) is 12.0 Å². The van der Waals surface area contributed by atoms with E-state index in [1.54, 1.807) is 25.1 Å². The summed E-state index contributed by atoms with van der Waals surface area (Å²) in [6, 6.07) is 7.17. The highest BCUT2D eigenvalue weighted by Gasteiger charge is 2.11. The predicted octanol–water partition coefficient (Wildman–Crippen LogP) is 2.80. The van der Waals surface area contributed by atoms with E-state index in [1.807, 2.05) is 19.9 Å². The smallest absolute Gasteiger partial charge is 0.338 e. The van der Waals surface area contributed by atoms with Crippen LogP contribution < -0.4 is 16.4 Å². The summed E-state index contributed by atoms with van der Waals surface area (Å²) in [6.45, 7) is 6.10.